The molecule has 0 radical (unpaired) electrons. The third-order valence-electron chi connectivity index (χ3n) is 1.88. The second-order valence-electron chi connectivity index (χ2n) is 3.11. The molecule has 0 aliphatic heterocycles. The molecule has 0 aliphatic carbocycles. The zero-order chi connectivity index (χ0) is 12.7. The highest BCUT2D eigenvalue weighted by atomic mass is 32.3. The first kappa shape index (κ1) is 13.8. The van der Waals surface area contributed by atoms with Crippen molar-refractivity contribution in [1.29, 1.82) is 0 Å². The molecule has 0 fully saturated rings. The van der Waals surface area contributed by atoms with Gasteiger partial charge >= 0.3 is 10.1 Å². The van der Waals surface area contributed by atoms with Crippen LogP contribution in [0.15, 0.2) is 46.2 Å². The average Bonchev–Trinajstić information content (AvgIpc) is 2.84. The van der Waals surface area contributed by atoms with Gasteiger partial charge in [0.1, 0.15) is 0 Å². The van der Waals surface area contributed by atoms with Gasteiger partial charge in [-0.15, -0.1) is 11.3 Å². The Morgan fingerprint density at radius 1 is 1.29 bits per heavy atom. The van der Waals surface area contributed by atoms with Crippen molar-refractivity contribution in [2.75, 3.05) is 0 Å². The minimum absolute atomic E-state index is 0.262. The molecule has 1 aromatic heterocycles. The van der Waals surface area contributed by atoms with Crippen molar-refractivity contribution in [3.63, 3.8) is 0 Å². The molecule has 2 rings (SSSR count). The molecule has 1 heterocycles. The molecule has 92 valence electrons. The summed E-state index contributed by atoms with van der Waals surface area (Å²) in [6.45, 7) is 2.16. The van der Waals surface area contributed by atoms with Crippen LogP contribution in [0.5, 0.6) is 0 Å². The Bertz CT molecular complexity index is 521. The van der Waals surface area contributed by atoms with Crippen LogP contribution in [-0.4, -0.2) is 18.0 Å². The zero-order valence-electron chi connectivity index (χ0n) is 9.28. The number of hydrogen-bond donors (Lipinski definition) is 1. The quantitative estimate of drug-likeness (QED) is 0.853. The van der Waals surface area contributed by atoms with Gasteiger partial charge in [-0.25, -0.2) is 4.98 Å². The van der Waals surface area contributed by atoms with Crippen LogP contribution in [0.2, 0.25) is 0 Å². The minimum Gasteiger partial charge on any atom is -0.280 e. The lowest BCUT2D eigenvalue weighted by atomic mass is 10.2. The Labute approximate surface area is 105 Å². The van der Waals surface area contributed by atoms with Gasteiger partial charge in [-0.05, 0) is 12.0 Å². The first-order valence-electron chi connectivity index (χ1n) is 4.95. The van der Waals surface area contributed by atoms with Crippen LogP contribution < -0.4 is 0 Å². The largest absolute Gasteiger partial charge is 0.322 e. The van der Waals surface area contributed by atoms with Gasteiger partial charge in [0.15, 0.2) is 0 Å². The number of hydrogen-bond acceptors (Lipinski definition) is 4. The molecule has 0 unspecified atom stereocenters. The van der Waals surface area contributed by atoms with E-state index in [9.17, 15) is 8.42 Å². The molecule has 1 aromatic carbocycles. The maximum Gasteiger partial charge on any atom is 0.322 e. The van der Waals surface area contributed by atoms with Crippen molar-refractivity contribution in [2.45, 2.75) is 17.7 Å². The number of aryl methyl sites for hydroxylation is 1. The van der Waals surface area contributed by atoms with Gasteiger partial charge in [-0.3, -0.25) is 4.55 Å². The molecule has 0 spiro atoms. The Balaban J connectivity index is 0.000000171. The smallest absolute Gasteiger partial charge is 0.280 e. The predicted molar refractivity (Wildman–Crippen MR) is 67.7 cm³/mol. The van der Waals surface area contributed by atoms with Crippen LogP contribution in [0.4, 0.5) is 0 Å². The highest BCUT2D eigenvalue weighted by molar-refractivity contribution is 7.87. The molecular formula is C11H13NO3S2. The van der Waals surface area contributed by atoms with Gasteiger partial charge in [0.2, 0.25) is 4.34 Å². The van der Waals surface area contributed by atoms with E-state index in [1.54, 1.807) is 0 Å². The van der Waals surface area contributed by atoms with Crippen molar-refractivity contribution >= 4 is 21.5 Å². The van der Waals surface area contributed by atoms with Crippen molar-refractivity contribution in [3.8, 4) is 0 Å². The number of rotatable bonds is 2. The maximum atomic E-state index is 10.2. The molecule has 0 saturated heterocycles. The number of nitrogens with zero attached hydrogens (tertiary/aromatic N) is 1. The van der Waals surface area contributed by atoms with Crippen LogP contribution >= 0.6 is 11.3 Å². The Morgan fingerprint density at radius 2 is 1.94 bits per heavy atom. The third-order valence-corrected chi connectivity index (χ3v) is 3.91. The molecule has 17 heavy (non-hydrogen) atoms. The van der Waals surface area contributed by atoms with Crippen molar-refractivity contribution < 1.29 is 13.0 Å². The van der Waals surface area contributed by atoms with E-state index in [1.807, 2.05) is 6.07 Å². The van der Waals surface area contributed by atoms with E-state index in [2.05, 4.69) is 36.2 Å². The summed E-state index contributed by atoms with van der Waals surface area (Å²) in [6.07, 6.45) is 2.45. The standard InChI is InChI=1S/C8H10.C3H3NO3S2/c1-2-8-6-4-3-5-7-8;5-9(6,7)3-4-1-2-8-3/h3-7H,2H2,1H3;1-2H,(H,5,6,7). The van der Waals surface area contributed by atoms with Crippen LogP contribution in [0.1, 0.15) is 12.5 Å². The van der Waals surface area contributed by atoms with Crippen molar-refractivity contribution in [1.82, 2.24) is 4.98 Å². The van der Waals surface area contributed by atoms with Gasteiger partial charge in [-0.1, -0.05) is 37.3 Å². The van der Waals surface area contributed by atoms with Crippen LogP contribution in [0, 0.1) is 0 Å². The maximum absolute atomic E-state index is 10.2. The van der Waals surface area contributed by atoms with E-state index in [-0.39, 0.29) is 4.34 Å². The summed E-state index contributed by atoms with van der Waals surface area (Å²) >= 11 is 0.881. The molecule has 0 atom stereocenters. The molecule has 0 bridgehead atoms. The summed E-state index contributed by atoms with van der Waals surface area (Å²) in [5.41, 5.74) is 1.41. The van der Waals surface area contributed by atoms with Gasteiger partial charge in [-0.2, -0.15) is 8.42 Å². The van der Waals surface area contributed by atoms with Crippen molar-refractivity contribution in [2.24, 2.45) is 0 Å². The van der Waals surface area contributed by atoms with Crippen molar-refractivity contribution in [3.05, 3.63) is 47.5 Å². The first-order valence-corrected chi connectivity index (χ1v) is 7.27. The van der Waals surface area contributed by atoms with E-state index in [4.69, 9.17) is 4.55 Å². The summed E-state index contributed by atoms with van der Waals surface area (Å²) in [5.74, 6) is 0. The zero-order valence-corrected chi connectivity index (χ0v) is 10.9. The second kappa shape index (κ2) is 6.48. The number of aromatic nitrogens is 1. The normalized spacial score (nSPS) is 10.5. The van der Waals surface area contributed by atoms with E-state index in [0.29, 0.717) is 0 Å². The Kier molecular flexibility index (Phi) is 5.27. The lowest BCUT2D eigenvalue weighted by Gasteiger charge is -1.89. The van der Waals surface area contributed by atoms with Crippen LogP contribution in [0.25, 0.3) is 0 Å². The molecule has 4 nitrogen and oxygen atoms in total. The highest BCUT2D eigenvalue weighted by Gasteiger charge is 2.10. The van der Waals surface area contributed by atoms with Crippen LogP contribution in [0.3, 0.4) is 0 Å². The molecule has 6 heteroatoms. The Hall–Kier alpha value is -1.24. The SMILES string of the molecule is CCc1ccccc1.O=S(=O)(O)c1nccs1. The second-order valence-corrected chi connectivity index (χ2v) is 5.60. The molecule has 2 aromatic rings. The summed E-state index contributed by atoms with van der Waals surface area (Å²) < 4.78 is 28.4. The van der Waals surface area contributed by atoms with E-state index < -0.39 is 10.1 Å². The fraction of sp³-hybridized carbons (Fsp3) is 0.182. The minimum atomic E-state index is -4.05. The van der Waals surface area contributed by atoms with E-state index >= 15 is 0 Å². The molecule has 0 amide bonds. The van der Waals surface area contributed by atoms with Gasteiger partial charge in [0.05, 0.1) is 0 Å². The molecule has 0 aliphatic rings. The highest BCUT2D eigenvalue weighted by Crippen LogP contribution is 2.09. The van der Waals surface area contributed by atoms with Crippen LogP contribution in [-0.2, 0) is 16.5 Å². The van der Waals surface area contributed by atoms with Gasteiger partial charge < -0.3 is 0 Å². The van der Waals surface area contributed by atoms with Gasteiger partial charge in [0.25, 0.3) is 0 Å². The summed E-state index contributed by atoms with van der Waals surface area (Å²) in [6, 6.07) is 10.5. The lowest BCUT2D eigenvalue weighted by Crippen LogP contribution is -1.95. The molecule has 1 N–H and O–H groups in total. The van der Waals surface area contributed by atoms with E-state index in [1.165, 1.54) is 17.1 Å². The molecule has 0 saturated carbocycles. The fourth-order valence-corrected chi connectivity index (χ4v) is 2.26. The fourth-order valence-electron chi connectivity index (χ4n) is 1.05. The van der Waals surface area contributed by atoms with Gasteiger partial charge in [0, 0.05) is 11.6 Å². The summed E-state index contributed by atoms with van der Waals surface area (Å²) in [4.78, 5) is 3.37. The topological polar surface area (TPSA) is 67.3 Å². The third kappa shape index (κ3) is 5.08. The van der Waals surface area contributed by atoms with E-state index in [0.717, 1.165) is 17.8 Å². The first-order chi connectivity index (χ1) is 8.04. The summed E-state index contributed by atoms with van der Waals surface area (Å²) in [7, 11) is -4.05. The Morgan fingerprint density at radius 3 is 2.24 bits per heavy atom. The lowest BCUT2D eigenvalue weighted by molar-refractivity contribution is 0.482. The summed E-state index contributed by atoms with van der Waals surface area (Å²) in [5, 5.41) is 1.48. The predicted octanol–water partition coefficient (Wildman–Crippen LogP) is 2.64. The number of benzene rings is 1. The monoisotopic (exact) mass is 271 g/mol. The molecular weight excluding hydrogens is 258 g/mol. The number of thiazole rings is 1. The average molecular weight is 271 g/mol.